The summed E-state index contributed by atoms with van der Waals surface area (Å²) in [5.41, 5.74) is 9.59. The van der Waals surface area contributed by atoms with Crippen LogP contribution in [0.15, 0.2) is 59.5 Å². The van der Waals surface area contributed by atoms with E-state index >= 15 is 0 Å². The zero-order valence-electron chi connectivity index (χ0n) is 22.4. The van der Waals surface area contributed by atoms with Gasteiger partial charge >= 0.3 is 0 Å². The summed E-state index contributed by atoms with van der Waals surface area (Å²) in [6, 6.07) is 10.6. The summed E-state index contributed by atoms with van der Waals surface area (Å²) in [6.45, 7) is 6.46. The van der Waals surface area contributed by atoms with Gasteiger partial charge in [0.25, 0.3) is 5.91 Å². The molecule has 202 valence electrons. The molecule has 0 aliphatic rings. The number of aldehydes is 1. The first kappa shape index (κ1) is 27.6. The van der Waals surface area contributed by atoms with E-state index < -0.39 is 11.5 Å². The number of benzene rings is 1. The van der Waals surface area contributed by atoms with Crippen molar-refractivity contribution in [2.45, 2.75) is 39.3 Å². The third kappa shape index (κ3) is 7.13. The second kappa shape index (κ2) is 11.5. The van der Waals surface area contributed by atoms with Crippen LogP contribution >= 0.6 is 0 Å². The van der Waals surface area contributed by atoms with Crippen LogP contribution < -0.4 is 11.1 Å². The summed E-state index contributed by atoms with van der Waals surface area (Å²) in [6.07, 6.45) is 5.88. The molecular weight excluding hydrogens is 496 g/mol. The van der Waals surface area contributed by atoms with Gasteiger partial charge in [0.15, 0.2) is 5.69 Å². The lowest BCUT2D eigenvalue weighted by molar-refractivity contribution is 0.0599. The number of nitrogens with two attached hydrogens (primary N) is 1. The van der Waals surface area contributed by atoms with Crippen molar-refractivity contribution >= 4 is 23.7 Å². The van der Waals surface area contributed by atoms with E-state index in [2.05, 4.69) is 20.3 Å². The standard InChI is InChI=1S/C29H32N6O4/c1-18-5-6-20(14-32-18)23-11-22(16-36)21(15-35(4)10-8-29(2,3)38)12-24(23)33-27(37)25-17-39-28(34-25)19-7-9-31-26(30)13-19/h5-7,9,11-14,16-17,38H,8,10,15H2,1-4H3,(H2,30,31)(H,33,37). The average molecular weight is 529 g/mol. The van der Waals surface area contributed by atoms with E-state index in [0.29, 0.717) is 47.7 Å². The van der Waals surface area contributed by atoms with E-state index in [4.69, 9.17) is 10.2 Å². The van der Waals surface area contributed by atoms with Crippen LogP contribution in [0.1, 0.15) is 52.4 Å². The predicted molar refractivity (Wildman–Crippen MR) is 149 cm³/mol. The Balaban J connectivity index is 1.67. The highest BCUT2D eigenvalue weighted by Crippen LogP contribution is 2.32. The highest BCUT2D eigenvalue weighted by molar-refractivity contribution is 6.05. The van der Waals surface area contributed by atoms with Crippen molar-refractivity contribution in [2.24, 2.45) is 0 Å². The Bertz CT molecular complexity index is 1470. The maximum absolute atomic E-state index is 13.3. The number of oxazole rings is 1. The lowest BCUT2D eigenvalue weighted by Gasteiger charge is -2.24. The smallest absolute Gasteiger partial charge is 0.277 e. The summed E-state index contributed by atoms with van der Waals surface area (Å²) < 4.78 is 5.52. The third-order valence-corrected chi connectivity index (χ3v) is 6.19. The van der Waals surface area contributed by atoms with Crippen molar-refractivity contribution < 1.29 is 19.1 Å². The minimum Gasteiger partial charge on any atom is -0.444 e. The number of nitrogens with one attached hydrogen (secondary N) is 1. The van der Waals surface area contributed by atoms with Gasteiger partial charge in [-0.3, -0.25) is 14.6 Å². The molecule has 1 aromatic carbocycles. The Morgan fingerprint density at radius 3 is 2.64 bits per heavy atom. The molecule has 4 N–H and O–H groups in total. The molecule has 3 heterocycles. The summed E-state index contributed by atoms with van der Waals surface area (Å²) in [7, 11) is 1.92. The molecular formula is C29H32N6O4. The lowest BCUT2D eigenvalue weighted by atomic mass is 9.97. The minimum absolute atomic E-state index is 0.0803. The van der Waals surface area contributed by atoms with Gasteiger partial charge in [-0.1, -0.05) is 6.07 Å². The number of rotatable bonds is 10. The number of anilines is 2. The quantitative estimate of drug-likeness (QED) is 0.256. The molecule has 0 spiro atoms. The monoisotopic (exact) mass is 528 g/mol. The molecule has 3 aromatic heterocycles. The predicted octanol–water partition coefficient (Wildman–Crippen LogP) is 4.35. The van der Waals surface area contributed by atoms with Crippen molar-refractivity contribution in [1.29, 1.82) is 0 Å². The van der Waals surface area contributed by atoms with Crippen LogP contribution in [0.2, 0.25) is 0 Å². The molecule has 0 aliphatic carbocycles. The molecule has 10 nitrogen and oxygen atoms in total. The van der Waals surface area contributed by atoms with Gasteiger partial charge in [0, 0.05) is 59.1 Å². The number of amides is 1. The van der Waals surface area contributed by atoms with Crippen molar-refractivity contribution in [2.75, 3.05) is 24.6 Å². The Kier molecular flexibility index (Phi) is 8.18. The molecule has 4 aromatic rings. The highest BCUT2D eigenvalue weighted by atomic mass is 16.3. The lowest BCUT2D eigenvalue weighted by Crippen LogP contribution is -2.28. The molecule has 0 fully saturated rings. The number of aryl methyl sites for hydroxylation is 1. The van der Waals surface area contributed by atoms with Gasteiger partial charge < -0.3 is 25.5 Å². The van der Waals surface area contributed by atoms with Gasteiger partial charge in [-0.25, -0.2) is 9.97 Å². The minimum atomic E-state index is -0.804. The number of hydrogen-bond acceptors (Lipinski definition) is 9. The normalized spacial score (nSPS) is 11.5. The molecule has 0 radical (unpaired) electrons. The molecule has 0 saturated carbocycles. The van der Waals surface area contributed by atoms with Crippen molar-refractivity contribution in [1.82, 2.24) is 19.9 Å². The SMILES string of the molecule is Cc1ccc(-c2cc(C=O)c(CN(C)CCC(C)(C)O)cc2NC(=O)c2coc(-c3ccnc(N)c3)n2)cn1. The number of nitrogen functional groups attached to an aromatic ring is 1. The first-order valence-corrected chi connectivity index (χ1v) is 12.5. The fourth-order valence-electron chi connectivity index (χ4n) is 3.99. The van der Waals surface area contributed by atoms with Crippen molar-refractivity contribution in [3.8, 4) is 22.6 Å². The molecule has 0 atom stereocenters. The first-order chi connectivity index (χ1) is 18.5. The second-order valence-electron chi connectivity index (χ2n) is 10.2. The van der Waals surface area contributed by atoms with Crippen molar-refractivity contribution in [3.05, 3.63) is 77.6 Å². The maximum Gasteiger partial charge on any atom is 0.277 e. The Morgan fingerprint density at radius 2 is 1.97 bits per heavy atom. The van der Waals surface area contributed by atoms with E-state index in [1.165, 1.54) is 12.5 Å². The van der Waals surface area contributed by atoms with Crippen molar-refractivity contribution in [3.63, 3.8) is 0 Å². The number of carbonyl (C=O) groups excluding carboxylic acids is 2. The topological polar surface area (TPSA) is 147 Å². The van der Waals surface area contributed by atoms with Gasteiger partial charge in [0.2, 0.25) is 5.89 Å². The Morgan fingerprint density at radius 1 is 1.18 bits per heavy atom. The summed E-state index contributed by atoms with van der Waals surface area (Å²) in [5.74, 6) is 0.0690. The number of carbonyl (C=O) groups is 2. The Hall–Kier alpha value is -4.41. The first-order valence-electron chi connectivity index (χ1n) is 12.5. The zero-order chi connectivity index (χ0) is 28.2. The number of pyridine rings is 2. The average Bonchev–Trinajstić information content (AvgIpc) is 3.39. The fourth-order valence-corrected chi connectivity index (χ4v) is 3.99. The van der Waals surface area contributed by atoms with Crippen LogP contribution in [-0.4, -0.2) is 56.3 Å². The van der Waals surface area contributed by atoms with Crippen LogP contribution in [0, 0.1) is 6.92 Å². The molecule has 0 bridgehead atoms. The Labute approximate surface area is 226 Å². The van der Waals surface area contributed by atoms with E-state index in [1.54, 1.807) is 44.3 Å². The third-order valence-electron chi connectivity index (χ3n) is 6.19. The number of hydrogen-bond donors (Lipinski definition) is 3. The van der Waals surface area contributed by atoms with E-state index in [1.807, 2.05) is 31.0 Å². The van der Waals surface area contributed by atoms with Crippen LogP contribution in [0.4, 0.5) is 11.5 Å². The summed E-state index contributed by atoms with van der Waals surface area (Å²) in [5, 5.41) is 13.0. The van der Waals surface area contributed by atoms with E-state index in [9.17, 15) is 14.7 Å². The molecule has 1 amide bonds. The van der Waals surface area contributed by atoms with Gasteiger partial charge in [-0.05, 0) is 70.1 Å². The fraction of sp³-hybridized carbons (Fsp3) is 0.276. The van der Waals surface area contributed by atoms with Crippen LogP contribution in [0.3, 0.4) is 0 Å². The summed E-state index contributed by atoms with van der Waals surface area (Å²) >= 11 is 0. The van der Waals surface area contributed by atoms with Gasteiger partial charge in [-0.2, -0.15) is 0 Å². The van der Waals surface area contributed by atoms with Gasteiger partial charge in [-0.15, -0.1) is 0 Å². The van der Waals surface area contributed by atoms with Crippen LogP contribution in [-0.2, 0) is 6.54 Å². The van der Waals surface area contributed by atoms with Gasteiger partial charge in [0.1, 0.15) is 18.4 Å². The number of nitrogens with zero attached hydrogens (tertiary/aromatic N) is 4. The zero-order valence-corrected chi connectivity index (χ0v) is 22.4. The van der Waals surface area contributed by atoms with Crippen LogP contribution in [0.25, 0.3) is 22.6 Å². The molecule has 10 heteroatoms. The van der Waals surface area contributed by atoms with Crippen LogP contribution in [0.5, 0.6) is 0 Å². The second-order valence-corrected chi connectivity index (χ2v) is 10.2. The summed E-state index contributed by atoms with van der Waals surface area (Å²) in [4.78, 5) is 40.0. The molecule has 4 rings (SSSR count). The molecule has 39 heavy (non-hydrogen) atoms. The van der Waals surface area contributed by atoms with E-state index in [0.717, 1.165) is 23.1 Å². The van der Waals surface area contributed by atoms with Gasteiger partial charge in [0.05, 0.1) is 5.60 Å². The van der Waals surface area contributed by atoms with E-state index in [-0.39, 0.29) is 11.6 Å². The number of aromatic nitrogens is 3. The highest BCUT2D eigenvalue weighted by Gasteiger charge is 2.20. The molecule has 0 saturated heterocycles. The maximum atomic E-state index is 13.3. The largest absolute Gasteiger partial charge is 0.444 e. The molecule has 0 aliphatic heterocycles. The number of aliphatic hydroxyl groups is 1. The molecule has 0 unspecified atom stereocenters.